The van der Waals surface area contributed by atoms with Crippen molar-refractivity contribution in [2.75, 3.05) is 37.9 Å². The fraction of sp³-hybridized carbons (Fsp3) is 0.167. The van der Waals surface area contributed by atoms with Crippen molar-refractivity contribution in [3.63, 3.8) is 0 Å². The highest BCUT2D eigenvalue weighted by atomic mass is 16.5. The summed E-state index contributed by atoms with van der Waals surface area (Å²) in [5.41, 5.74) is 2.36. The molecule has 2 amide bonds. The Morgan fingerprint density at radius 2 is 0.917 bits per heavy atom. The van der Waals surface area contributed by atoms with Gasteiger partial charge in [0.2, 0.25) is 11.8 Å². The maximum Gasteiger partial charge on any atom is 0.327 e. The monoisotopic (exact) mass is 648 g/mol. The van der Waals surface area contributed by atoms with Gasteiger partial charge in [0.15, 0.2) is 11.6 Å². The van der Waals surface area contributed by atoms with Crippen LogP contribution in [0.5, 0.6) is 0 Å². The summed E-state index contributed by atoms with van der Waals surface area (Å²) >= 11 is 0. The van der Waals surface area contributed by atoms with Crippen LogP contribution in [0.1, 0.15) is 55.1 Å². The van der Waals surface area contributed by atoms with Crippen molar-refractivity contribution in [2.24, 2.45) is 0 Å². The van der Waals surface area contributed by atoms with Crippen LogP contribution >= 0.6 is 0 Å². The molecule has 0 saturated carbocycles. The van der Waals surface area contributed by atoms with Gasteiger partial charge in [-0.05, 0) is 47.5 Å². The van der Waals surface area contributed by atoms with Crippen LogP contribution in [0.3, 0.4) is 0 Å². The summed E-state index contributed by atoms with van der Waals surface area (Å²) in [5, 5.41) is 11.1. The first-order valence-electron chi connectivity index (χ1n) is 14.9. The van der Waals surface area contributed by atoms with Gasteiger partial charge in [-0.25, -0.2) is 9.59 Å². The lowest BCUT2D eigenvalue weighted by atomic mass is 9.83. The van der Waals surface area contributed by atoms with Crippen molar-refractivity contribution >= 4 is 46.7 Å². The quantitative estimate of drug-likeness (QED) is 0.147. The number of carbonyl (C=O) groups excluding carboxylic acids is 6. The summed E-state index contributed by atoms with van der Waals surface area (Å²) in [5.74, 6) is -2.92. The molecule has 0 bridgehead atoms. The van der Waals surface area contributed by atoms with E-state index in [4.69, 9.17) is 9.47 Å². The molecule has 1 aliphatic carbocycles. The zero-order valence-electron chi connectivity index (χ0n) is 26.1. The number of nitrogens with one attached hydrogen (secondary N) is 4. The fourth-order valence-corrected chi connectivity index (χ4v) is 5.31. The normalized spacial score (nSPS) is 13.0. The number of carbonyl (C=O) groups is 6. The van der Waals surface area contributed by atoms with Crippen molar-refractivity contribution in [3.05, 3.63) is 130 Å². The number of esters is 2. The molecule has 0 radical (unpaired) electrons. The smallest absolute Gasteiger partial charge is 0.327 e. The summed E-state index contributed by atoms with van der Waals surface area (Å²) in [6.07, 6.45) is 0. The summed E-state index contributed by atoms with van der Waals surface area (Å²) in [7, 11) is 2.52. The van der Waals surface area contributed by atoms with Crippen molar-refractivity contribution in [1.82, 2.24) is 10.6 Å². The number of benzene rings is 4. The molecule has 4 aromatic rings. The molecular weight excluding hydrogens is 616 g/mol. The molecule has 0 heterocycles. The topological polar surface area (TPSA) is 169 Å². The number of rotatable bonds is 12. The Morgan fingerprint density at radius 1 is 0.542 bits per heavy atom. The molecule has 48 heavy (non-hydrogen) atoms. The van der Waals surface area contributed by atoms with Gasteiger partial charge in [0.25, 0.3) is 0 Å². The molecule has 0 spiro atoms. The number of methoxy groups -OCH3 is 2. The van der Waals surface area contributed by atoms with E-state index in [9.17, 15) is 28.8 Å². The van der Waals surface area contributed by atoms with E-state index < -0.39 is 47.4 Å². The zero-order valence-corrected chi connectivity index (χ0v) is 26.1. The lowest BCUT2D eigenvalue weighted by Gasteiger charge is -2.20. The van der Waals surface area contributed by atoms with Gasteiger partial charge in [-0.1, -0.05) is 60.7 Å². The van der Waals surface area contributed by atoms with E-state index in [-0.39, 0.29) is 46.7 Å². The Morgan fingerprint density at radius 3 is 1.27 bits per heavy atom. The average Bonchev–Trinajstić information content (AvgIpc) is 3.11. The second kappa shape index (κ2) is 15.1. The minimum absolute atomic E-state index is 0.116. The van der Waals surface area contributed by atoms with E-state index in [0.29, 0.717) is 11.1 Å². The highest BCUT2D eigenvalue weighted by molar-refractivity contribution is 6.29. The van der Waals surface area contributed by atoms with Gasteiger partial charge >= 0.3 is 11.9 Å². The second-order valence-corrected chi connectivity index (χ2v) is 10.8. The van der Waals surface area contributed by atoms with E-state index in [1.165, 1.54) is 50.6 Å². The standard InChI is InChI=1S/C36H32N4O8/c1-47-35(45)31(21-9-5-3-6-10-21)37-19-29(41)39-23-13-15-25-27(17-23)33(43)26-16-14-24(18-28(26)34(25)44)40-30(42)20-38-32(36(46)48-2)22-11-7-4-8-12-22/h3-18,31-32,37-38H,19-20H2,1-2H3,(H,39,41)(H,40,42)/t31-,32-/m1/s1. The highest BCUT2D eigenvalue weighted by Crippen LogP contribution is 2.31. The minimum atomic E-state index is -0.863. The summed E-state index contributed by atoms with van der Waals surface area (Å²) in [4.78, 5) is 77.0. The predicted octanol–water partition coefficient (Wildman–Crippen LogP) is 3.35. The van der Waals surface area contributed by atoms with Gasteiger partial charge in [0.05, 0.1) is 27.3 Å². The van der Waals surface area contributed by atoms with Gasteiger partial charge < -0.3 is 20.1 Å². The van der Waals surface area contributed by atoms with Crippen LogP contribution in [0.15, 0.2) is 97.1 Å². The number of ether oxygens (including phenoxy) is 2. The molecule has 2 atom stereocenters. The van der Waals surface area contributed by atoms with E-state index in [1.54, 1.807) is 60.7 Å². The number of ketones is 2. The van der Waals surface area contributed by atoms with E-state index in [1.807, 2.05) is 0 Å². The molecule has 0 aliphatic heterocycles. The first-order chi connectivity index (χ1) is 23.2. The summed E-state index contributed by atoms with van der Waals surface area (Å²) < 4.78 is 9.72. The molecule has 12 nitrogen and oxygen atoms in total. The van der Waals surface area contributed by atoms with Crippen molar-refractivity contribution in [3.8, 4) is 0 Å². The van der Waals surface area contributed by atoms with Gasteiger partial charge in [0.1, 0.15) is 12.1 Å². The van der Waals surface area contributed by atoms with Gasteiger partial charge in [-0.3, -0.25) is 29.8 Å². The SMILES string of the molecule is COC(=O)[C@H](NCC(=O)Nc1ccc2c(c1)C(=O)c1ccc(NC(=O)CN[C@@H](C(=O)OC)c3ccccc3)cc1C2=O)c1ccccc1. The Hall–Kier alpha value is -5.98. The molecule has 5 rings (SSSR count). The maximum atomic E-state index is 13.4. The highest BCUT2D eigenvalue weighted by Gasteiger charge is 2.31. The van der Waals surface area contributed by atoms with Crippen LogP contribution in [0, 0.1) is 0 Å². The minimum Gasteiger partial charge on any atom is -0.468 e. The largest absolute Gasteiger partial charge is 0.468 e. The first kappa shape index (κ1) is 33.4. The Labute approximate surface area is 275 Å². The molecule has 244 valence electrons. The molecule has 0 fully saturated rings. The van der Waals surface area contributed by atoms with Crippen LogP contribution in [0.4, 0.5) is 11.4 Å². The third-order valence-corrected chi connectivity index (χ3v) is 7.66. The van der Waals surface area contributed by atoms with E-state index >= 15 is 0 Å². The van der Waals surface area contributed by atoms with Crippen molar-refractivity contribution in [2.45, 2.75) is 12.1 Å². The van der Waals surface area contributed by atoms with Gasteiger partial charge in [-0.2, -0.15) is 0 Å². The fourth-order valence-electron chi connectivity index (χ4n) is 5.31. The molecular formula is C36H32N4O8. The molecule has 0 aromatic heterocycles. The number of fused-ring (bicyclic) bond motifs is 2. The molecule has 12 heteroatoms. The maximum absolute atomic E-state index is 13.4. The van der Waals surface area contributed by atoms with Crippen LogP contribution in [-0.2, 0) is 28.7 Å². The number of anilines is 2. The van der Waals surface area contributed by atoms with Crippen LogP contribution in [0.25, 0.3) is 0 Å². The Kier molecular flexibility index (Phi) is 10.5. The predicted molar refractivity (Wildman–Crippen MR) is 175 cm³/mol. The Balaban J connectivity index is 1.23. The van der Waals surface area contributed by atoms with E-state index in [0.717, 1.165) is 0 Å². The number of hydrogen-bond acceptors (Lipinski definition) is 10. The summed E-state index contributed by atoms with van der Waals surface area (Å²) in [6.45, 7) is -0.470. The van der Waals surface area contributed by atoms with Crippen LogP contribution < -0.4 is 21.3 Å². The van der Waals surface area contributed by atoms with Crippen LogP contribution in [-0.4, -0.2) is 62.6 Å². The third-order valence-electron chi connectivity index (χ3n) is 7.66. The van der Waals surface area contributed by atoms with Crippen molar-refractivity contribution < 1.29 is 38.2 Å². The zero-order chi connectivity index (χ0) is 34.2. The summed E-state index contributed by atoms with van der Waals surface area (Å²) in [6, 6.07) is 24.7. The van der Waals surface area contributed by atoms with Crippen molar-refractivity contribution in [1.29, 1.82) is 0 Å². The van der Waals surface area contributed by atoms with Gasteiger partial charge in [-0.15, -0.1) is 0 Å². The molecule has 4 aromatic carbocycles. The van der Waals surface area contributed by atoms with E-state index in [2.05, 4.69) is 21.3 Å². The molecule has 0 saturated heterocycles. The second-order valence-electron chi connectivity index (χ2n) is 10.8. The molecule has 4 N–H and O–H groups in total. The lowest BCUT2D eigenvalue weighted by Crippen LogP contribution is -2.36. The Bertz CT molecular complexity index is 1740. The number of amides is 2. The molecule has 0 unspecified atom stereocenters. The first-order valence-corrected chi connectivity index (χ1v) is 14.9. The third kappa shape index (κ3) is 7.52. The van der Waals surface area contributed by atoms with Crippen LogP contribution in [0.2, 0.25) is 0 Å². The lowest BCUT2D eigenvalue weighted by molar-refractivity contribution is -0.144. The van der Waals surface area contributed by atoms with Gasteiger partial charge in [0, 0.05) is 33.6 Å². The average molecular weight is 649 g/mol. The number of hydrogen-bond donors (Lipinski definition) is 4. The molecule has 1 aliphatic rings.